The molecule has 1 unspecified atom stereocenters. The van der Waals surface area contributed by atoms with Crippen LogP contribution >= 0.6 is 0 Å². The van der Waals surface area contributed by atoms with Crippen LogP contribution in [0.3, 0.4) is 0 Å². The molecule has 13 heavy (non-hydrogen) atoms. The average Bonchev–Trinajstić information content (AvgIpc) is 2.08. The predicted octanol–water partition coefficient (Wildman–Crippen LogP) is 0.538. The van der Waals surface area contributed by atoms with Crippen LogP contribution < -0.4 is 5.73 Å². The fourth-order valence-electron chi connectivity index (χ4n) is 0.976. The molecule has 4 N–H and O–H groups in total. The summed E-state index contributed by atoms with van der Waals surface area (Å²) in [6.45, 7) is 1.34. The number of aliphatic hydroxyl groups is 1. The maximum Gasteiger partial charge on any atom is 0.194 e. The highest BCUT2D eigenvalue weighted by Gasteiger charge is 2.15. The van der Waals surface area contributed by atoms with E-state index < -0.39 is 11.9 Å². The van der Waals surface area contributed by atoms with Crippen molar-refractivity contribution < 1.29 is 15.0 Å². The summed E-state index contributed by atoms with van der Waals surface area (Å²) in [6, 6.07) is 4.14. The van der Waals surface area contributed by atoms with Crippen molar-refractivity contribution >= 4 is 11.5 Å². The van der Waals surface area contributed by atoms with Crippen molar-refractivity contribution in [3.63, 3.8) is 0 Å². The van der Waals surface area contributed by atoms with Crippen LogP contribution in [0.2, 0.25) is 0 Å². The molecule has 0 aliphatic heterocycles. The number of hydrogen-bond donors (Lipinski definition) is 3. The highest BCUT2D eigenvalue weighted by Crippen LogP contribution is 2.21. The van der Waals surface area contributed by atoms with Crippen LogP contribution in [-0.2, 0) is 0 Å². The maximum absolute atomic E-state index is 11.3. The molecule has 1 aromatic carbocycles. The van der Waals surface area contributed by atoms with Crippen molar-refractivity contribution in [3.05, 3.63) is 23.8 Å². The predicted molar refractivity (Wildman–Crippen MR) is 48.5 cm³/mol. The minimum absolute atomic E-state index is 0.0509. The Balaban J connectivity index is 3.13. The Kier molecular flexibility index (Phi) is 2.53. The summed E-state index contributed by atoms with van der Waals surface area (Å²) >= 11 is 0. The van der Waals surface area contributed by atoms with Crippen LogP contribution in [0, 0.1) is 0 Å². The molecular formula is C9H11NO3. The van der Waals surface area contributed by atoms with Crippen LogP contribution in [0.1, 0.15) is 17.3 Å². The first-order chi connectivity index (χ1) is 6.02. The van der Waals surface area contributed by atoms with Gasteiger partial charge in [-0.15, -0.1) is 0 Å². The van der Waals surface area contributed by atoms with Gasteiger partial charge in [0.1, 0.15) is 11.9 Å². The number of phenolic OH excluding ortho intramolecular Hbond substituents is 1. The van der Waals surface area contributed by atoms with Crippen molar-refractivity contribution in [2.45, 2.75) is 13.0 Å². The van der Waals surface area contributed by atoms with Crippen molar-refractivity contribution in [1.29, 1.82) is 0 Å². The first kappa shape index (κ1) is 9.54. The largest absolute Gasteiger partial charge is 0.507 e. The Morgan fingerprint density at radius 3 is 2.69 bits per heavy atom. The Morgan fingerprint density at radius 2 is 2.15 bits per heavy atom. The number of Topliss-reactive ketones (excluding diaryl/α,β-unsaturated/α-hetero) is 1. The second-order valence-electron chi connectivity index (χ2n) is 2.82. The van der Waals surface area contributed by atoms with Gasteiger partial charge in [0.15, 0.2) is 5.78 Å². The third kappa shape index (κ3) is 1.97. The average molecular weight is 181 g/mol. The van der Waals surface area contributed by atoms with Gasteiger partial charge in [-0.1, -0.05) is 0 Å². The van der Waals surface area contributed by atoms with Gasteiger partial charge in [-0.3, -0.25) is 4.79 Å². The van der Waals surface area contributed by atoms with Crippen molar-refractivity contribution in [2.24, 2.45) is 0 Å². The van der Waals surface area contributed by atoms with E-state index in [-0.39, 0.29) is 11.3 Å². The van der Waals surface area contributed by atoms with Crippen molar-refractivity contribution in [2.75, 3.05) is 5.73 Å². The first-order valence-corrected chi connectivity index (χ1v) is 3.83. The van der Waals surface area contributed by atoms with E-state index >= 15 is 0 Å². The first-order valence-electron chi connectivity index (χ1n) is 3.83. The summed E-state index contributed by atoms with van der Waals surface area (Å²) < 4.78 is 0. The standard InChI is InChI=1S/C9H11NO3/c1-5(11)9(13)7-4-6(10)2-3-8(7)12/h2-5,11-12H,10H2,1H3. The van der Waals surface area contributed by atoms with Crippen LogP contribution in [0.4, 0.5) is 5.69 Å². The van der Waals surface area contributed by atoms with Gasteiger partial charge in [0.2, 0.25) is 0 Å². The molecule has 4 nitrogen and oxygen atoms in total. The van der Waals surface area contributed by atoms with E-state index in [4.69, 9.17) is 10.8 Å². The number of hydrogen-bond acceptors (Lipinski definition) is 4. The molecule has 0 spiro atoms. The lowest BCUT2D eigenvalue weighted by atomic mass is 10.1. The summed E-state index contributed by atoms with van der Waals surface area (Å²) in [4.78, 5) is 11.3. The molecule has 0 fully saturated rings. The third-order valence-electron chi connectivity index (χ3n) is 1.67. The Morgan fingerprint density at radius 1 is 1.54 bits per heavy atom. The van der Waals surface area contributed by atoms with Crippen LogP contribution in [0.25, 0.3) is 0 Å². The van der Waals surface area contributed by atoms with Gasteiger partial charge in [0.25, 0.3) is 0 Å². The zero-order chi connectivity index (χ0) is 10.0. The maximum atomic E-state index is 11.3. The zero-order valence-corrected chi connectivity index (χ0v) is 7.19. The number of aromatic hydroxyl groups is 1. The van der Waals surface area contributed by atoms with Gasteiger partial charge in [-0.05, 0) is 25.1 Å². The number of nitrogen functional groups attached to an aromatic ring is 1. The molecule has 0 aliphatic carbocycles. The lowest BCUT2D eigenvalue weighted by Crippen LogP contribution is -2.16. The van der Waals surface area contributed by atoms with E-state index in [1.54, 1.807) is 0 Å². The molecule has 0 saturated heterocycles. The number of anilines is 1. The van der Waals surface area contributed by atoms with Crippen LogP contribution in [-0.4, -0.2) is 22.1 Å². The molecule has 1 aromatic rings. The van der Waals surface area contributed by atoms with E-state index in [9.17, 15) is 9.90 Å². The quantitative estimate of drug-likeness (QED) is 0.353. The number of nitrogens with two attached hydrogens (primary N) is 1. The monoisotopic (exact) mass is 181 g/mol. The fourth-order valence-corrected chi connectivity index (χ4v) is 0.976. The lowest BCUT2D eigenvalue weighted by molar-refractivity contribution is 0.0776. The minimum Gasteiger partial charge on any atom is -0.507 e. The number of ketones is 1. The second-order valence-corrected chi connectivity index (χ2v) is 2.82. The van der Waals surface area contributed by atoms with Crippen molar-refractivity contribution in [1.82, 2.24) is 0 Å². The Hall–Kier alpha value is -1.55. The number of phenols is 1. The van der Waals surface area contributed by atoms with Gasteiger partial charge < -0.3 is 15.9 Å². The topological polar surface area (TPSA) is 83.5 Å². The SMILES string of the molecule is CC(O)C(=O)c1cc(N)ccc1O. The number of carbonyl (C=O) groups is 1. The summed E-state index contributed by atoms with van der Waals surface area (Å²) in [5, 5.41) is 18.3. The molecule has 0 heterocycles. The molecular weight excluding hydrogens is 170 g/mol. The summed E-state index contributed by atoms with van der Waals surface area (Å²) in [7, 11) is 0. The second kappa shape index (κ2) is 3.45. The molecule has 1 rings (SSSR count). The molecule has 1 atom stereocenters. The van der Waals surface area contributed by atoms with Gasteiger partial charge >= 0.3 is 0 Å². The molecule has 0 aromatic heterocycles. The van der Waals surface area contributed by atoms with Gasteiger partial charge in [-0.25, -0.2) is 0 Å². The van der Waals surface area contributed by atoms with E-state index in [1.807, 2.05) is 0 Å². The number of benzene rings is 1. The number of carbonyl (C=O) groups excluding carboxylic acids is 1. The zero-order valence-electron chi connectivity index (χ0n) is 7.19. The molecule has 0 radical (unpaired) electrons. The highest BCUT2D eigenvalue weighted by molar-refractivity contribution is 6.02. The third-order valence-corrected chi connectivity index (χ3v) is 1.67. The minimum atomic E-state index is -1.13. The van der Waals surface area contributed by atoms with Gasteiger partial charge in [0, 0.05) is 5.69 Å². The molecule has 0 amide bonds. The highest BCUT2D eigenvalue weighted by atomic mass is 16.3. The fraction of sp³-hybridized carbons (Fsp3) is 0.222. The summed E-state index contributed by atoms with van der Waals surface area (Å²) in [5.74, 6) is -0.704. The molecule has 0 aliphatic rings. The van der Waals surface area contributed by atoms with Crippen molar-refractivity contribution in [3.8, 4) is 5.75 Å². The molecule has 4 heteroatoms. The number of aliphatic hydroxyl groups excluding tert-OH is 1. The molecule has 0 saturated carbocycles. The van der Waals surface area contributed by atoms with Gasteiger partial charge in [0.05, 0.1) is 5.56 Å². The Bertz CT molecular complexity index is 334. The van der Waals surface area contributed by atoms with Gasteiger partial charge in [-0.2, -0.15) is 0 Å². The lowest BCUT2D eigenvalue weighted by Gasteiger charge is -2.06. The number of rotatable bonds is 2. The van der Waals surface area contributed by atoms with Crippen LogP contribution in [0.5, 0.6) is 5.75 Å². The van der Waals surface area contributed by atoms with Crippen LogP contribution in [0.15, 0.2) is 18.2 Å². The van der Waals surface area contributed by atoms with E-state index in [1.165, 1.54) is 25.1 Å². The summed E-state index contributed by atoms with van der Waals surface area (Å²) in [5.41, 5.74) is 5.85. The smallest absolute Gasteiger partial charge is 0.194 e. The Labute approximate surface area is 75.6 Å². The van der Waals surface area contributed by atoms with E-state index in [0.717, 1.165) is 0 Å². The summed E-state index contributed by atoms with van der Waals surface area (Å²) in [6.07, 6.45) is -1.13. The normalized spacial score (nSPS) is 12.5. The van der Waals surface area contributed by atoms with E-state index in [0.29, 0.717) is 5.69 Å². The molecule has 0 bridgehead atoms. The molecule has 70 valence electrons. The van der Waals surface area contributed by atoms with E-state index in [2.05, 4.69) is 0 Å².